The molecule has 0 N–H and O–H groups in total. The van der Waals surface area contributed by atoms with Gasteiger partial charge >= 0.3 is 51.4 Å². The first-order valence-electron chi connectivity index (χ1n) is 3.28. The van der Waals surface area contributed by atoms with Crippen LogP contribution < -0.4 is 4.18 Å². The summed E-state index contributed by atoms with van der Waals surface area (Å²) in [5, 5.41) is 0. The Morgan fingerprint density at radius 2 is 1.92 bits per heavy atom. The molecule has 0 fully saturated rings. The number of benzene rings is 1. The van der Waals surface area contributed by atoms with Gasteiger partial charge in [-0.05, 0) is 6.07 Å². The Morgan fingerprint density at radius 3 is 2.46 bits per heavy atom. The average Bonchev–Trinajstić information content (AvgIpc) is 2.04. The molecule has 1 aromatic carbocycles. The summed E-state index contributed by atoms with van der Waals surface area (Å²) in [6, 6.07) is 6.77. The molecule has 66 valence electrons. The summed E-state index contributed by atoms with van der Waals surface area (Å²) < 4.78 is 25.0. The molecule has 0 bridgehead atoms. The van der Waals surface area contributed by atoms with Crippen LogP contribution in [0.2, 0.25) is 0 Å². The Labute approximate surface area is 121 Å². The standard InChI is InChI=1S/C8H8O3S.K.H/c1-2-7-5-3-4-6-8(7)11-12(9)10;;/h2-6,12H,1H2;;. The van der Waals surface area contributed by atoms with Gasteiger partial charge in [0.2, 0.25) is 0 Å². The Balaban J connectivity index is 0.00000144. The van der Waals surface area contributed by atoms with Crippen LogP contribution in [0.5, 0.6) is 5.75 Å². The Hall–Kier alpha value is 0.346. The molecule has 0 heterocycles. The van der Waals surface area contributed by atoms with Crippen molar-refractivity contribution in [2.24, 2.45) is 0 Å². The van der Waals surface area contributed by atoms with Crippen molar-refractivity contribution >= 4 is 68.4 Å². The van der Waals surface area contributed by atoms with Crippen molar-refractivity contribution in [3.05, 3.63) is 36.4 Å². The molecule has 0 saturated carbocycles. The third-order valence-electron chi connectivity index (χ3n) is 1.31. The van der Waals surface area contributed by atoms with E-state index in [4.69, 9.17) is 0 Å². The first-order valence-corrected chi connectivity index (χ1v) is 4.37. The van der Waals surface area contributed by atoms with Crippen molar-refractivity contribution in [1.82, 2.24) is 0 Å². The molecule has 0 aliphatic carbocycles. The average molecular weight is 224 g/mol. The Morgan fingerprint density at radius 1 is 1.31 bits per heavy atom. The molecule has 0 radical (unpaired) electrons. The number of rotatable bonds is 3. The molecule has 0 amide bonds. The van der Waals surface area contributed by atoms with Gasteiger partial charge in [0.05, 0.1) is 0 Å². The molecule has 0 saturated heterocycles. The fourth-order valence-electron chi connectivity index (χ4n) is 0.813. The molecular formula is C8H9KO3S. The summed E-state index contributed by atoms with van der Waals surface area (Å²) in [4.78, 5) is 0. The SMILES string of the molecule is C=Cc1ccccc1O[SH](=O)=O.[KH]. The van der Waals surface area contributed by atoms with Crippen LogP contribution in [0, 0.1) is 0 Å². The molecule has 5 heteroatoms. The van der Waals surface area contributed by atoms with Crippen LogP contribution in [-0.2, 0) is 11.0 Å². The normalized spacial score (nSPS) is 9.00. The third-order valence-corrected chi connectivity index (χ3v) is 1.66. The molecule has 1 rings (SSSR count). The van der Waals surface area contributed by atoms with Crippen LogP contribution in [-0.4, -0.2) is 59.8 Å². The first-order chi connectivity index (χ1) is 5.74. The molecule has 0 aliphatic rings. The van der Waals surface area contributed by atoms with Crippen LogP contribution in [0.25, 0.3) is 6.08 Å². The fraction of sp³-hybridized carbons (Fsp3) is 0. The zero-order valence-corrected chi connectivity index (χ0v) is 7.16. The predicted octanol–water partition coefficient (Wildman–Crippen LogP) is 0.586. The second-order valence-corrected chi connectivity index (χ2v) is 2.69. The van der Waals surface area contributed by atoms with E-state index in [1.165, 1.54) is 6.08 Å². The molecule has 0 atom stereocenters. The van der Waals surface area contributed by atoms with Gasteiger partial charge < -0.3 is 4.18 Å². The minimum atomic E-state index is -2.85. The summed E-state index contributed by atoms with van der Waals surface area (Å²) in [6.45, 7) is 3.52. The van der Waals surface area contributed by atoms with Crippen LogP contribution in [0.1, 0.15) is 5.56 Å². The zero-order chi connectivity index (χ0) is 8.97. The number of para-hydroxylation sites is 1. The summed E-state index contributed by atoms with van der Waals surface area (Å²) in [7, 11) is -2.85. The topological polar surface area (TPSA) is 43.4 Å². The quantitative estimate of drug-likeness (QED) is 0.603. The Kier molecular flexibility index (Phi) is 6.93. The summed E-state index contributed by atoms with van der Waals surface area (Å²) in [5.74, 6) is 0.309. The van der Waals surface area contributed by atoms with Gasteiger partial charge in [0.25, 0.3) is 11.0 Å². The molecule has 0 spiro atoms. The Bertz CT molecular complexity index is 352. The van der Waals surface area contributed by atoms with E-state index < -0.39 is 11.0 Å². The molecule has 0 aliphatic heterocycles. The molecule has 1 aromatic rings. The number of hydrogen-bond acceptors (Lipinski definition) is 3. The van der Waals surface area contributed by atoms with E-state index in [1.54, 1.807) is 24.3 Å². The van der Waals surface area contributed by atoms with E-state index in [-0.39, 0.29) is 51.4 Å². The fourth-order valence-corrected chi connectivity index (χ4v) is 1.14. The summed E-state index contributed by atoms with van der Waals surface area (Å²) >= 11 is 0. The van der Waals surface area contributed by atoms with E-state index in [0.29, 0.717) is 11.3 Å². The van der Waals surface area contributed by atoms with Crippen LogP contribution in [0.4, 0.5) is 0 Å². The van der Waals surface area contributed by atoms with Gasteiger partial charge in [-0.3, -0.25) is 0 Å². The summed E-state index contributed by atoms with van der Waals surface area (Å²) in [6.07, 6.45) is 1.54. The van der Waals surface area contributed by atoms with Gasteiger partial charge in [-0.2, -0.15) is 8.42 Å². The second kappa shape index (κ2) is 6.75. The van der Waals surface area contributed by atoms with E-state index in [2.05, 4.69) is 10.8 Å². The van der Waals surface area contributed by atoms with Gasteiger partial charge in [-0.1, -0.05) is 30.9 Å². The zero-order valence-electron chi connectivity index (χ0n) is 6.27. The van der Waals surface area contributed by atoms with Crippen molar-refractivity contribution in [2.45, 2.75) is 0 Å². The van der Waals surface area contributed by atoms with Crippen molar-refractivity contribution in [1.29, 1.82) is 0 Å². The van der Waals surface area contributed by atoms with E-state index >= 15 is 0 Å². The van der Waals surface area contributed by atoms with Crippen LogP contribution >= 0.6 is 0 Å². The maximum absolute atomic E-state index is 10.2. The molecular weight excluding hydrogens is 215 g/mol. The summed E-state index contributed by atoms with van der Waals surface area (Å²) in [5.41, 5.74) is 0.664. The van der Waals surface area contributed by atoms with E-state index in [9.17, 15) is 8.42 Å². The van der Waals surface area contributed by atoms with Crippen molar-refractivity contribution < 1.29 is 12.6 Å². The number of thiol groups is 1. The monoisotopic (exact) mass is 224 g/mol. The maximum atomic E-state index is 10.2. The van der Waals surface area contributed by atoms with Gasteiger partial charge in [0.1, 0.15) is 5.75 Å². The van der Waals surface area contributed by atoms with Gasteiger partial charge in [-0.25, -0.2) is 0 Å². The van der Waals surface area contributed by atoms with Crippen molar-refractivity contribution in [3.63, 3.8) is 0 Å². The van der Waals surface area contributed by atoms with Crippen molar-refractivity contribution in [3.8, 4) is 5.75 Å². The third kappa shape index (κ3) is 4.39. The van der Waals surface area contributed by atoms with Crippen LogP contribution in [0.15, 0.2) is 30.8 Å². The molecule has 3 nitrogen and oxygen atoms in total. The molecule has 0 unspecified atom stereocenters. The van der Waals surface area contributed by atoms with Crippen LogP contribution in [0.3, 0.4) is 0 Å². The van der Waals surface area contributed by atoms with Gasteiger partial charge in [0.15, 0.2) is 0 Å². The minimum absolute atomic E-state index is 0. The predicted molar refractivity (Wildman–Crippen MR) is 54.6 cm³/mol. The molecule has 0 aromatic heterocycles. The van der Waals surface area contributed by atoms with E-state index in [0.717, 1.165) is 0 Å². The van der Waals surface area contributed by atoms with E-state index in [1.807, 2.05) is 0 Å². The van der Waals surface area contributed by atoms with Gasteiger partial charge in [0, 0.05) is 5.56 Å². The first kappa shape index (κ1) is 13.3. The second-order valence-electron chi connectivity index (χ2n) is 2.06. The molecule has 13 heavy (non-hydrogen) atoms. The number of hydrogen-bond donors (Lipinski definition) is 1. The van der Waals surface area contributed by atoms with Gasteiger partial charge in [-0.15, -0.1) is 0 Å². The van der Waals surface area contributed by atoms with Crippen molar-refractivity contribution in [2.75, 3.05) is 0 Å².